The van der Waals surface area contributed by atoms with Crippen molar-refractivity contribution >= 4 is 5.69 Å². The number of benzene rings is 2. The molecule has 1 N–H and O–H groups in total. The quantitative estimate of drug-likeness (QED) is 0.784. The number of rotatable bonds is 1. The number of hydrogen-bond acceptors (Lipinski definition) is 1. The van der Waals surface area contributed by atoms with Crippen molar-refractivity contribution in [1.29, 1.82) is 0 Å². The Kier molecular flexibility index (Phi) is 2.28. The van der Waals surface area contributed by atoms with E-state index in [0.29, 0.717) is 0 Å². The Balaban J connectivity index is 2.01. The molecule has 0 saturated heterocycles. The van der Waals surface area contributed by atoms with Crippen LogP contribution in [0, 0.1) is 0 Å². The molecule has 2 aromatic rings. The van der Waals surface area contributed by atoms with Gasteiger partial charge in [-0.15, -0.1) is 0 Å². The van der Waals surface area contributed by atoms with Gasteiger partial charge >= 0.3 is 0 Å². The van der Waals surface area contributed by atoms with Gasteiger partial charge < -0.3 is 5.32 Å². The van der Waals surface area contributed by atoms with E-state index in [2.05, 4.69) is 66.0 Å². The minimum atomic E-state index is 0.0656. The van der Waals surface area contributed by atoms with Crippen LogP contribution < -0.4 is 5.32 Å². The first-order valence-electron chi connectivity index (χ1n) is 7.04. The molecule has 4 rings (SSSR count). The molecular formula is C18H17N. The van der Waals surface area contributed by atoms with Crippen LogP contribution in [0.2, 0.25) is 0 Å². The number of nitrogens with one attached hydrogen (secondary N) is 1. The molecule has 19 heavy (non-hydrogen) atoms. The van der Waals surface area contributed by atoms with Gasteiger partial charge in [-0.1, -0.05) is 54.6 Å². The molecule has 1 aliphatic carbocycles. The number of allylic oxidation sites excluding steroid dienone is 2. The normalized spacial score (nSPS) is 24.1. The molecule has 1 unspecified atom stereocenters. The molecule has 1 atom stereocenters. The fraction of sp³-hybridized carbons (Fsp3) is 0.222. The van der Waals surface area contributed by atoms with E-state index in [1.54, 1.807) is 0 Å². The Morgan fingerprint density at radius 3 is 2.58 bits per heavy atom. The van der Waals surface area contributed by atoms with Gasteiger partial charge in [-0.2, -0.15) is 0 Å². The van der Waals surface area contributed by atoms with Gasteiger partial charge in [0.15, 0.2) is 0 Å². The lowest BCUT2D eigenvalue weighted by Gasteiger charge is -2.34. The summed E-state index contributed by atoms with van der Waals surface area (Å²) < 4.78 is 0. The summed E-state index contributed by atoms with van der Waals surface area (Å²) in [5, 5.41) is 3.64. The second-order valence-electron chi connectivity index (χ2n) is 5.45. The molecule has 0 spiro atoms. The first kappa shape index (κ1) is 10.9. The van der Waals surface area contributed by atoms with E-state index in [-0.39, 0.29) is 5.41 Å². The lowest BCUT2D eigenvalue weighted by atomic mass is 9.68. The monoisotopic (exact) mass is 247 g/mol. The molecule has 0 saturated carbocycles. The molecule has 0 fully saturated rings. The zero-order valence-electron chi connectivity index (χ0n) is 10.9. The minimum absolute atomic E-state index is 0.0656. The Labute approximate surface area is 114 Å². The summed E-state index contributed by atoms with van der Waals surface area (Å²) in [4.78, 5) is 0. The van der Waals surface area contributed by atoms with Gasteiger partial charge in [0.25, 0.3) is 0 Å². The fourth-order valence-corrected chi connectivity index (χ4v) is 3.65. The molecule has 1 heterocycles. The summed E-state index contributed by atoms with van der Waals surface area (Å²) in [5.74, 6) is 0. The van der Waals surface area contributed by atoms with E-state index >= 15 is 0 Å². The molecule has 2 aromatic carbocycles. The van der Waals surface area contributed by atoms with Crippen LogP contribution in [0.1, 0.15) is 30.4 Å². The topological polar surface area (TPSA) is 12.0 Å². The lowest BCUT2D eigenvalue weighted by molar-refractivity contribution is 0.517. The van der Waals surface area contributed by atoms with Gasteiger partial charge in [0.1, 0.15) is 0 Å². The van der Waals surface area contributed by atoms with Crippen molar-refractivity contribution in [3.05, 3.63) is 77.5 Å². The average Bonchev–Trinajstić information content (AvgIpc) is 2.84. The standard InChI is InChI=1S/C18H17N/c1-2-8-14(9-3-1)18-13-7-6-12-17(18)19-16-11-5-4-10-15(16)18/h1-5,8-12,19H,6-7,13H2. The van der Waals surface area contributed by atoms with Gasteiger partial charge in [0.2, 0.25) is 0 Å². The maximum atomic E-state index is 3.64. The Bertz CT molecular complexity index is 642. The van der Waals surface area contributed by atoms with Gasteiger partial charge in [0, 0.05) is 11.4 Å². The van der Waals surface area contributed by atoms with Crippen LogP contribution in [0.15, 0.2) is 66.4 Å². The summed E-state index contributed by atoms with van der Waals surface area (Å²) in [5.41, 5.74) is 5.58. The third-order valence-electron chi connectivity index (χ3n) is 4.49. The number of hydrogen-bond donors (Lipinski definition) is 1. The molecule has 0 aromatic heterocycles. The van der Waals surface area contributed by atoms with Gasteiger partial charge in [-0.3, -0.25) is 0 Å². The van der Waals surface area contributed by atoms with Crippen LogP contribution in [0.25, 0.3) is 0 Å². The minimum Gasteiger partial charge on any atom is -0.358 e. The van der Waals surface area contributed by atoms with E-state index in [0.717, 1.165) is 0 Å². The van der Waals surface area contributed by atoms with Gasteiger partial charge in [-0.25, -0.2) is 0 Å². The molecule has 1 aliphatic heterocycles. The van der Waals surface area contributed by atoms with E-state index < -0.39 is 0 Å². The molecule has 1 nitrogen and oxygen atoms in total. The Morgan fingerprint density at radius 1 is 0.895 bits per heavy atom. The molecule has 1 heteroatoms. The highest BCUT2D eigenvalue weighted by Crippen LogP contribution is 2.52. The number of fused-ring (bicyclic) bond motifs is 3. The van der Waals surface area contributed by atoms with Crippen molar-refractivity contribution < 1.29 is 0 Å². The van der Waals surface area contributed by atoms with E-state index in [1.807, 2.05) is 0 Å². The first-order chi connectivity index (χ1) is 9.41. The van der Waals surface area contributed by atoms with E-state index in [1.165, 1.54) is 41.8 Å². The summed E-state index contributed by atoms with van der Waals surface area (Å²) in [6, 6.07) is 19.7. The number of para-hydroxylation sites is 1. The smallest absolute Gasteiger partial charge is 0.0619 e. The summed E-state index contributed by atoms with van der Waals surface area (Å²) in [6.07, 6.45) is 6.03. The van der Waals surface area contributed by atoms with E-state index in [9.17, 15) is 0 Å². The van der Waals surface area contributed by atoms with Crippen molar-refractivity contribution in [2.24, 2.45) is 0 Å². The van der Waals surface area contributed by atoms with Crippen LogP contribution in [0.3, 0.4) is 0 Å². The molecule has 0 radical (unpaired) electrons. The summed E-state index contributed by atoms with van der Waals surface area (Å²) in [7, 11) is 0. The highest BCUT2D eigenvalue weighted by Gasteiger charge is 2.44. The van der Waals surface area contributed by atoms with Gasteiger partial charge in [-0.05, 0) is 36.5 Å². The predicted octanol–water partition coefficient (Wildman–Crippen LogP) is 4.47. The van der Waals surface area contributed by atoms with Crippen LogP contribution in [0.5, 0.6) is 0 Å². The van der Waals surface area contributed by atoms with Crippen molar-refractivity contribution in [2.75, 3.05) is 5.32 Å². The highest BCUT2D eigenvalue weighted by molar-refractivity contribution is 5.72. The lowest BCUT2D eigenvalue weighted by Crippen LogP contribution is -2.30. The summed E-state index contributed by atoms with van der Waals surface area (Å²) in [6.45, 7) is 0. The first-order valence-corrected chi connectivity index (χ1v) is 7.04. The second-order valence-corrected chi connectivity index (χ2v) is 5.45. The zero-order valence-corrected chi connectivity index (χ0v) is 10.9. The zero-order chi connectivity index (χ0) is 12.7. The molecule has 0 bridgehead atoms. The van der Waals surface area contributed by atoms with Crippen LogP contribution in [0.4, 0.5) is 5.69 Å². The molecular weight excluding hydrogens is 230 g/mol. The third-order valence-corrected chi connectivity index (χ3v) is 4.49. The molecule has 94 valence electrons. The van der Waals surface area contributed by atoms with Crippen molar-refractivity contribution in [1.82, 2.24) is 0 Å². The van der Waals surface area contributed by atoms with Gasteiger partial charge in [0.05, 0.1) is 5.41 Å². The molecule has 0 amide bonds. The van der Waals surface area contributed by atoms with Crippen molar-refractivity contribution in [2.45, 2.75) is 24.7 Å². The average molecular weight is 247 g/mol. The number of anilines is 1. The summed E-state index contributed by atoms with van der Waals surface area (Å²) >= 11 is 0. The van der Waals surface area contributed by atoms with Crippen molar-refractivity contribution in [3.63, 3.8) is 0 Å². The van der Waals surface area contributed by atoms with Crippen LogP contribution in [-0.2, 0) is 5.41 Å². The maximum absolute atomic E-state index is 3.64. The third kappa shape index (κ3) is 1.42. The van der Waals surface area contributed by atoms with Crippen LogP contribution >= 0.6 is 0 Å². The highest BCUT2D eigenvalue weighted by atomic mass is 15.0. The second kappa shape index (κ2) is 3.99. The molecule has 2 aliphatic rings. The Morgan fingerprint density at radius 2 is 1.68 bits per heavy atom. The van der Waals surface area contributed by atoms with Crippen molar-refractivity contribution in [3.8, 4) is 0 Å². The maximum Gasteiger partial charge on any atom is 0.0619 e. The largest absolute Gasteiger partial charge is 0.358 e. The Hall–Kier alpha value is -2.02. The SMILES string of the molecule is C1=C2Nc3ccccc3C2(c2ccccc2)CCC1. The predicted molar refractivity (Wildman–Crippen MR) is 79.2 cm³/mol. The van der Waals surface area contributed by atoms with Crippen LogP contribution in [-0.4, -0.2) is 0 Å². The fourth-order valence-electron chi connectivity index (χ4n) is 3.65. The van der Waals surface area contributed by atoms with E-state index in [4.69, 9.17) is 0 Å².